The van der Waals surface area contributed by atoms with Gasteiger partial charge in [0.05, 0.1) is 12.1 Å². The number of carbonyl (C=O) groups excluding carboxylic acids is 1. The maximum Gasteiger partial charge on any atom is 0.257 e. The van der Waals surface area contributed by atoms with Crippen LogP contribution in [0, 0.1) is 17.8 Å². The highest BCUT2D eigenvalue weighted by atomic mass is 16.5. The smallest absolute Gasteiger partial charge is 0.257 e. The number of amides is 1. The first-order chi connectivity index (χ1) is 14.1. The molecule has 4 nitrogen and oxygen atoms in total. The minimum absolute atomic E-state index is 0.00302. The average Bonchev–Trinajstić information content (AvgIpc) is 2.69. The molecule has 2 aromatic rings. The number of nitrogens with zero attached hydrogens (tertiary/aromatic N) is 1. The van der Waals surface area contributed by atoms with Gasteiger partial charge in [0.25, 0.3) is 5.91 Å². The second-order valence-electron chi connectivity index (χ2n) is 9.74. The lowest BCUT2D eigenvalue weighted by atomic mass is 9.53. The number of unbranched alkanes of at least 4 members (excludes halogenated alkanes) is 2. The first kappa shape index (κ1) is 18.9. The van der Waals surface area contributed by atoms with Gasteiger partial charge in [-0.1, -0.05) is 38.0 Å². The third kappa shape index (κ3) is 3.74. The minimum atomic E-state index is -0.00399. The summed E-state index contributed by atoms with van der Waals surface area (Å²) in [5.41, 5.74) is 1.47. The van der Waals surface area contributed by atoms with E-state index in [1.54, 1.807) is 0 Å². The van der Waals surface area contributed by atoms with Crippen LogP contribution in [-0.4, -0.2) is 23.0 Å². The Balaban J connectivity index is 1.41. The van der Waals surface area contributed by atoms with Gasteiger partial charge in [-0.25, -0.2) is 4.98 Å². The molecule has 1 aromatic heterocycles. The summed E-state index contributed by atoms with van der Waals surface area (Å²) in [7, 11) is 0. The number of para-hydroxylation sites is 1. The predicted octanol–water partition coefficient (Wildman–Crippen LogP) is 5.50. The minimum Gasteiger partial charge on any atom is -0.477 e. The van der Waals surface area contributed by atoms with Gasteiger partial charge < -0.3 is 10.1 Å². The summed E-state index contributed by atoms with van der Waals surface area (Å²) in [4.78, 5) is 18.2. The molecule has 1 aromatic carbocycles. The fourth-order valence-electron chi connectivity index (χ4n) is 6.46. The molecule has 4 heteroatoms. The highest BCUT2D eigenvalue weighted by Crippen LogP contribution is 2.55. The summed E-state index contributed by atoms with van der Waals surface area (Å²) in [6.45, 7) is 2.79. The van der Waals surface area contributed by atoms with Gasteiger partial charge in [0.1, 0.15) is 5.56 Å². The van der Waals surface area contributed by atoms with E-state index in [-0.39, 0.29) is 11.4 Å². The molecule has 1 heterocycles. The van der Waals surface area contributed by atoms with E-state index in [0.717, 1.165) is 67.2 Å². The topological polar surface area (TPSA) is 51.2 Å². The van der Waals surface area contributed by atoms with Crippen LogP contribution in [0.15, 0.2) is 30.3 Å². The third-order valence-corrected chi connectivity index (χ3v) is 7.34. The van der Waals surface area contributed by atoms with Crippen LogP contribution in [0.2, 0.25) is 0 Å². The van der Waals surface area contributed by atoms with Crippen LogP contribution in [0.4, 0.5) is 0 Å². The Morgan fingerprint density at radius 1 is 1.10 bits per heavy atom. The Morgan fingerprint density at radius 2 is 1.79 bits per heavy atom. The average molecular weight is 393 g/mol. The Labute approximate surface area is 173 Å². The van der Waals surface area contributed by atoms with Gasteiger partial charge in [0.2, 0.25) is 5.88 Å². The Kier molecular flexibility index (Phi) is 4.97. The SMILES string of the molecule is CCCCCOc1nc2ccccc2cc1C(=O)NC12CC3CC(CC(C3)C1)C2. The van der Waals surface area contributed by atoms with Gasteiger partial charge in [-0.2, -0.15) is 0 Å². The van der Waals surface area contributed by atoms with Gasteiger partial charge in [-0.15, -0.1) is 0 Å². The second kappa shape index (κ2) is 7.62. The number of fused-ring (bicyclic) bond motifs is 1. The van der Waals surface area contributed by atoms with Gasteiger partial charge in [0, 0.05) is 10.9 Å². The number of pyridine rings is 1. The first-order valence-electron chi connectivity index (χ1n) is 11.5. The molecule has 4 saturated carbocycles. The Bertz CT molecular complexity index is 872. The summed E-state index contributed by atoms with van der Waals surface area (Å²) in [6.07, 6.45) is 10.8. The van der Waals surface area contributed by atoms with Crippen molar-refractivity contribution < 1.29 is 9.53 Å². The summed E-state index contributed by atoms with van der Waals surface area (Å²) >= 11 is 0. The van der Waals surface area contributed by atoms with Crippen LogP contribution >= 0.6 is 0 Å². The van der Waals surface area contributed by atoms with Crippen molar-refractivity contribution >= 4 is 16.8 Å². The zero-order valence-corrected chi connectivity index (χ0v) is 17.5. The molecule has 0 unspecified atom stereocenters. The maximum atomic E-state index is 13.5. The molecule has 6 rings (SSSR count). The number of hydrogen-bond donors (Lipinski definition) is 1. The van der Waals surface area contributed by atoms with Crippen molar-refractivity contribution in [1.29, 1.82) is 0 Å². The standard InChI is InChI=1S/C25H32N2O2/c1-2-3-6-9-29-24-21(13-20-7-4-5-8-22(20)26-24)23(28)27-25-14-17-10-18(15-25)12-19(11-17)16-25/h4-5,7-8,13,17-19H,2-3,6,9-12,14-16H2,1H3,(H,27,28). The van der Waals surface area contributed by atoms with E-state index < -0.39 is 0 Å². The zero-order chi connectivity index (χ0) is 19.8. The maximum absolute atomic E-state index is 13.5. The zero-order valence-electron chi connectivity index (χ0n) is 17.5. The van der Waals surface area contributed by atoms with Crippen molar-refractivity contribution in [2.24, 2.45) is 17.8 Å². The molecule has 4 bridgehead atoms. The second-order valence-corrected chi connectivity index (χ2v) is 9.74. The van der Waals surface area contributed by atoms with E-state index in [0.29, 0.717) is 18.1 Å². The number of carbonyl (C=O) groups is 1. The van der Waals surface area contributed by atoms with Gasteiger partial charge in [-0.05, 0) is 74.8 Å². The van der Waals surface area contributed by atoms with Crippen LogP contribution < -0.4 is 10.1 Å². The summed E-state index contributed by atoms with van der Waals surface area (Å²) in [5, 5.41) is 4.48. The molecule has 0 atom stereocenters. The molecular weight excluding hydrogens is 360 g/mol. The number of ether oxygens (including phenoxy) is 1. The molecule has 0 aliphatic heterocycles. The number of benzene rings is 1. The Morgan fingerprint density at radius 3 is 2.48 bits per heavy atom. The lowest BCUT2D eigenvalue weighted by Gasteiger charge is -2.56. The highest BCUT2D eigenvalue weighted by molar-refractivity contribution is 6.00. The normalized spacial score (nSPS) is 29.9. The van der Waals surface area contributed by atoms with Crippen molar-refractivity contribution in [2.75, 3.05) is 6.61 Å². The van der Waals surface area contributed by atoms with Gasteiger partial charge in [-0.3, -0.25) is 4.79 Å². The van der Waals surface area contributed by atoms with E-state index in [1.165, 1.54) is 19.3 Å². The largest absolute Gasteiger partial charge is 0.477 e. The molecular formula is C25H32N2O2. The third-order valence-electron chi connectivity index (χ3n) is 7.34. The van der Waals surface area contributed by atoms with Crippen molar-refractivity contribution in [1.82, 2.24) is 10.3 Å². The number of nitrogens with one attached hydrogen (secondary N) is 1. The lowest BCUT2D eigenvalue weighted by Crippen LogP contribution is -2.59. The van der Waals surface area contributed by atoms with Crippen molar-refractivity contribution in [3.8, 4) is 5.88 Å². The van der Waals surface area contributed by atoms with Crippen molar-refractivity contribution in [2.45, 2.75) is 70.3 Å². The van der Waals surface area contributed by atoms with Crippen LogP contribution in [0.1, 0.15) is 75.1 Å². The summed E-state index contributed by atoms with van der Waals surface area (Å²) in [5.74, 6) is 2.90. The van der Waals surface area contributed by atoms with Crippen LogP contribution in [0.3, 0.4) is 0 Å². The van der Waals surface area contributed by atoms with Crippen molar-refractivity contribution in [3.63, 3.8) is 0 Å². The van der Waals surface area contributed by atoms with E-state index >= 15 is 0 Å². The molecule has 1 amide bonds. The van der Waals surface area contributed by atoms with Gasteiger partial charge >= 0.3 is 0 Å². The van der Waals surface area contributed by atoms with Crippen LogP contribution in [-0.2, 0) is 0 Å². The fourth-order valence-corrected chi connectivity index (χ4v) is 6.46. The fraction of sp³-hybridized carbons (Fsp3) is 0.600. The molecule has 0 saturated heterocycles. The lowest BCUT2D eigenvalue weighted by molar-refractivity contribution is -0.0167. The van der Waals surface area contributed by atoms with Crippen LogP contribution in [0.5, 0.6) is 5.88 Å². The monoisotopic (exact) mass is 392 g/mol. The summed E-state index contributed by atoms with van der Waals surface area (Å²) in [6, 6.07) is 9.94. The molecule has 154 valence electrons. The van der Waals surface area contributed by atoms with Gasteiger partial charge in [0.15, 0.2) is 0 Å². The quantitative estimate of drug-likeness (QED) is 0.633. The molecule has 1 N–H and O–H groups in total. The molecule has 0 radical (unpaired) electrons. The predicted molar refractivity (Wildman–Crippen MR) is 115 cm³/mol. The number of aromatic nitrogens is 1. The molecule has 29 heavy (non-hydrogen) atoms. The molecule has 4 aliphatic rings. The van der Waals surface area contributed by atoms with E-state index in [2.05, 4.69) is 12.2 Å². The van der Waals surface area contributed by atoms with E-state index in [9.17, 15) is 4.79 Å². The molecule has 4 fully saturated rings. The highest BCUT2D eigenvalue weighted by Gasteiger charge is 2.51. The Hall–Kier alpha value is -2.10. The van der Waals surface area contributed by atoms with Crippen molar-refractivity contribution in [3.05, 3.63) is 35.9 Å². The molecule has 0 spiro atoms. The molecule has 4 aliphatic carbocycles. The summed E-state index contributed by atoms with van der Waals surface area (Å²) < 4.78 is 6.02. The first-order valence-corrected chi connectivity index (χ1v) is 11.5. The van der Waals surface area contributed by atoms with E-state index in [1.807, 2.05) is 30.3 Å². The van der Waals surface area contributed by atoms with Crippen LogP contribution in [0.25, 0.3) is 10.9 Å². The number of hydrogen-bond acceptors (Lipinski definition) is 3. The number of rotatable bonds is 7. The van der Waals surface area contributed by atoms with E-state index in [4.69, 9.17) is 9.72 Å².